The van der Waals surface area contributed by atoms with Crippen LogP contribution in [-0.2, 0) is 4.74 Å². The molecule has 1 fully saturated rings. The van der Waals surface area contributed by atoms with Gasteiger partial charge in [-0.3, -0.25) is 0 Å². The van der Waals surface area contributed by atoms with Gasteiger partial charge in [0.05, 0.1) is 12.7 Å². The smallest absolute Gasteiger partial charge is 0.0826 e. The molecule has 0 amide bonds. The quantitative estimate of drug-likeness (QED) is 0.795. The van der Waals surface area contributed by atoms with Crippen LogP contribution in [0.3, 0.4) is 0 Å². The Morgan fingerprint density at radius 2 is 2.16 bits per heavy atom. The highest BCUT2D eigenvalue weighted by molar-refractivity contribution is 5.18. The Bertz CT molecular complexity index is 355. The van der Waals surface area contributed by atoms with Crippen LogP contribution in [0.25, 0.3) is 0 Å². The van der Waals surface area contributed by atoms with Crippen molar-refractivity contribution in [3.8, 4) is 0 Å². The summed E-state index contributed by atoms with van der Waals surface area (Å²) in [4.78, 5) is 2.34. The molecule has 3 nitrogen and oxygen atoms in total. The van der Waals surface area contributed by atoms with Crippen molar-refractivity contribution in [2.45, 2.75) is 25.4 Å². The molecule has 1 aromatic carbocycles. The zero-order valence-electron chi connectivity index (χ0n) is 12.1. The first-order valence-electron chi connectivity index (χ1n) is 7.31. The van der Waals surface area contributed by atoms with E-state index in [4.69, 9.17) is 4.74 Å². The van der Waals surface area contributed by atoms with Crippen molar-refractivity contribution in [1.29, 1.82) is 0 Å². The minimum atomic E-state index is 0.353. The van der Waals surface area contributed by atoms with Gasteiger partial charge >= 0.3 is 0 Å². The number of morpholine rings is 1. The molecule has 19 heavy (non-hydrogen) atoms. The molecule has 0 saturated carbocycles. The van der Waals surface area contributed by atoms with E-state index in [1.807, 2.05) is 0 Å². The maximum atomic E-state index is 5.74. The Kier molecular flexibility index (Phi) is 5.83. The third kappa shape index (κ3) is 4.94. The number of benzene rings is 1. The summed E-state index contributed by atoms with van der Waals surface area (Å²) in [5.74, 6) is 0.614. The first kappa shape index (κ1) is 14.5. The summed E-state index contributed by atoms with van der Waals surface area (Å²) in [5.41, 5.74) is 1.43. The van der Waals surface area contributed by atoms with Crippen LogP contribution in [0.5, 0.6) is 0 Å². The molecule has 1 heterocycles. The predicted octanol–water partition coefficient (Wildman–Crippen LogP) is 2.10. The van der Waals surface area contributed by atoms with Crippen LogP contribution in [0.15, 0.2) is 30.3 Å². The van der Waals surface area contributed by atoms with Gasteiger partial charge in [0.2, 0.25) is 0 Å². The molecular formula is C16H26N2O. The van der Waals surface area contributed by atoms with Crippen molar-refractivity contribution >= 4 is 0 Å². The number of nitrogens with zero attached hydrogens (tertiary/aromatic N) is 1. The van der Waals surface area contributed by atoms with Gasteiger partial charge in [0.15, 0.2) is 0 Å². The van der Waals surface area contributed by atoms with E-state index in [9.17, 15) is 0 Å². The fraction of sp³-hybridized carbons (Fsp3) is 0.625. The first-order valence-corrected chi connectivity index (χ1v) is 7.31. The minimum absolute atomic E-state index is 0.353. The van der Waals surface area contributed by atoms with Gasteiger partial charge in [-0.1, -0.05) is 37.3 Å². The number of nitrogens with one attached hydrogen (secondary N) is 1. The highest BCUT2D eigenvalue weighted by atomic mass is 16.5. The molecule has 2 atom stereocenters. The lowest BCUT2D eigenvalue weighted by Gasteiger charge is -2.30. The lowest BCUT2D eigenvalue weighted by atomic mass is 9.98. The standard InChI is InChI=1S/C16H26N2O/c1-14(15-6-4-3-5-7-15)8-9-17-12-16-13-18(2)10-11-19-16/h3-7,14,16-17H,8-13H2,1-2H3/t14-,16+/m1/s1. The summed E-state index contributed by atoms with van der Waals surface area (Å²) in [6.07, 6.45) is 1.53. The van der Waals surface area contributed by atoms with E-state index in [0.717, 1.165) is 32.8 Å². The Labute approximate surface area is 116 Å². The van der Waals surface area contributed by atoms with E-state index >= 15 is 0 Å². The van der Waals surface area contributed by atoms with Crippen molar-refractivity contribution in [1.82, 2.24) is 10.2 Å². The van der Waals surface area contributed by atoms with Gasteiger partial charge in [0, 0.05) is 19.6 Å². The summed E-state index contributed by atoms with van der Waals surface area (Å²) in [6.45, 7) is 7.28. The zero-order valence-corrected chi connectivity index (χ0v) is 12.1. The SMILES string of the molecule is C[C@H](CCNC[C@H]1CN(C)CCO1)c1ccccc1. The van der Waals surface area contributed by atoms with E-state index in [1.165, 1.54) is 12.0 Å². The maximum Gasteiger partial charge on any atom is 0.0826 e. The van der Waals surface area contributed by atoms with Crippen LogP contribution in [0.4, 0.5) is 0 Å². The second-order valence-corrected chi connectivity index (χ2v) is 5.56. The minimum Gasteiger partial charge on any atom is -0.374 e. The van der Waals surface area contributed by atoms with E-state index in [2.05, 4.69) is 54.5 Å². The van der Waals surface area contributed by atoms with Gasteiger partial charge in [-0.15, -0.1) is 0 Å². The molecule has 0 unspecified atom stereocenters. The highest BCUT2D eigenvalue weighted by Crippen LogP contribution is 2.17. The van der Waals surface area contributed by atoms with Crippen molar-refractivity contribution in [3.63, 3.8) is 0 Å². The van der Waals surface area contributed by atoms with Crippen LogP contribution in [0, 0.1) is 0 Å². The molecule has 0 spiro atoms. The van der Waals surface area contributed by atoms with Crippen LogP contribution in [-0.4, -0.2) is 50.8 Å². The Morgan fingerprint density at radius 3 is 2.89 bits per heavy atom. The monoisotopic (exact) mass is 262 g/mol. The summed E-state index contributed by atoms with van der Waals surface area (Å²) < 4.78 is 5.74. The lowest BCUT2D eigenvalue weighted by Crippen LogP contribution is -2.45. The number of hydrogen-bond acceptors (Lipinski definition) is 3. The molecule has 1 N–H and O–H groups in total. The molecule has 0 aromatic heterocycles. The lowest BCUT2D eigenvalue weighted by molar-refractivity contribution is -0.0180. The zero-order chi connectivity index (χ0) is 13.5. The topological polar surface area (TPSA) is 24.5 Å². The van der Waals surface area contributed by atoms with Crippen molar-refractivity contribution in [2.24, 2.45) is 0 Å². The molecule has 0 radical (unpaired) electrons. The van der Waals surface area contributed by atoms with Crippen LogP contribution >= 0.6 is 0 Å². The second-order valence-electron chi connectivity index (χ2n) is 5.56. The number of ether oxygens (including phenoxy) is 1. The van der Waals surface area contributed by atoms with E-state index in [0.29, 0.717) is 12.0 Å². The van der Waals surface area contributed by atoms with E-state index in [-0.39, 0.29) is 0 Å². The molecule has 1 aliphatic rings. The largest absolute Gasteiger partial charge is 0.374 e. The Hall–Kier alpha value is -0.900. The van der Waals surface area contributed by atoms with E-state index < -0.39 is 0 Å². The maximum absolute atomic E-state index is 5.74. The van der Waals surface area contributed by atoms with Gasteiger partial charge in [-0.25, -0.2) is 0 Å². The number of rotatable bonds is 6. The molecule has 3 heteroatoms. The molecule has 0 aliphatic carbocycles. The van der Waals surface area contributed by atoms with Gasteiger partial charge < -0.3 is 15.0 Å². The predicted molar refractivity (Wildman–Crippen MR) is 79.6 cm³/mol. The molecule has 1 aromatic rings. The molecular weight excluding hydrogens is 236 g/mol. The molecule has 1 saturated heterocycles. The number of likely N-dealkylation sites (N-methyl/N-ethyl adjacent to an activating group) is 1. The highest BCUT2D eigenvalue weighted by Gasteiger charge is 2.16. The van der Waals surface area contributed by atoms with Crippen LogP contribution in [0.1, 0.15) is 24.8 Å². The molecule has 2 rings (SSSR count). The second kappa shape index (κ2) is 7.63. The van der Waals surface area contributed by atoms with Crippen LogP contribution < -0.4 is 5.32 Å². The van der Waals surface area contributed by atoms with Crippen molar-refractivity contribution in [2.75, 3.05) is 39.8 Å². The summed E-state index contributed by atoms with van der Waals surface area (Å²) in [5, 5.41) is 3.52. The first-order chi connectivity index (χ1) is 9.25. The van der Waals surface area contributed by atoms with Crippen molar-refractivity contribution in [3.05, 3.63) is 35.9 Å². The molecule has 0 bridgehead atoms. The summed E-state index contributed by atoms with van der Waals surface area (Å²) in [6, 6.07) is 10.7. The van der Waals surface area contributed by atoms with Crippen LogP contribution in [0.2, 0.25) is 0 Å². The third-order valence-corrected chi connectivity index (χ3v) is 3.84. The molecule has 1 aliphatic heterocycles. The van der Waals surface area contributed by atoms with Gasteiger partial charge in [-0.2, -0.15) is 0 Å². The van der Waals surface area contributed by atoms with Crippen molar-refractivity contribution < 1.29 is 4.74 Å². The average molecular weight is 262 g/mol. The van der Waals surface area contributed by atoms with Gasteiger partial charge in [0.1, 0.15) is 0 Å². The summed E-state index contributed by atoms with van der Waals surface area (Å²) >= 11 is 0. The fourth-order valence-electron chi connectivity index (χ4n) is 2.52. The average Bonchev–Trinajstić information content (AvgIpc) is 2.44. The van der Waals surface area contributed by atoms with E-state index in [1.54, 1.807) is 0 Å². The van der Waals surface area contributed by atoms with Gasteiger partial charge in [0.25, 0.3) is 0 Å². The Balaban J connectivity index is 1.61. The number of hydrogen-bond donors (Lipinski definition) is 1. The normalized spacial score (nSPS) is 22.3. The Morgan fingerprint density at radius 1 is 1.37 bits per heavy atom. The van der Waals surface area contributed by atoms with Gasteiger partial charge in [-0.05, 0) is 31.5 Å². The fourth-order valence-corrected chi connectivity index (χ4v) is 2.52. The molecule has 106 valence electrons. The summed E-state index contributed by atoms with van der Waals surface area (Å²) in [7, 11) is 2.16. The third-order valence-electron chi connectivity index (χ3n) is 3.84.